The summed E-state index contributed by atoms with van der Waals surface area (Å²) in [5, 5.41) is 3.06. The van der Waals surface area contributed by atoms with Crippen molar-refractivity contribution in [3.63, 3.8) is 0 Å². The molecule has 1 N–H and O–H groups in total. The Labute approximate surface area is 154 Å². The van der Waals surface area contributed by atoms with Crippen LogP contribution in [-0.2, 0) is 9.53 Å². The van der Waals surface area contributed by atoms with E-state index in [0.717, 1.165) is 25.2 Å². The second-order valence-electron chi connectivity index (χ2n) is 7.75. The van der Waals surface area contributed by atoms with Crippen molar-refractivity contribution in [2.45, 2.75) is 78.4 Å². The zero-order valence-corrected chi connectivity index (χ0v) is 16.8. The summed E-state index contributed by atoms with van der Waals surface area (Å²) < 4.78 is 5.51. The first-order valence-electron chi connectivity index (χ1n) is 9.81. The van der Waals surface area contributed by atoms with Crippen LogP contribution in [0, 0.1) is 18.8 Å². The van der Waals surface area contributed by atoms with Crippen LogP contribution in [0.3, 0.4) is 0 Å². The van der Waals surface area contributed by atoms with E-state index in [1.54, 1.807) is 0 Å². The predicted molar refractivity (Wildman–Crippen MR) is 106 cm³/mol. The molecule has 1 aromatic rings. The second kappa shape index (κ2) is 12.1. The van der Waals surface area contributed by atoms with Gasteiger partial charge in [-0.2, -0.15) is 0 Å². The average Bonchev–Trinajstić information content (AvgIpc) is 2.63. The van der Waals surface area contributed by atoms with Gasteiger partial charge in [-0.1, -0.05) is 75.4 Å². The van der Waals surface area contributed by atoms with Crippen LogP contribution in [0.5, 0.6) is 0 Å². The van der Waals surface area contributed by atoms with Gasteiger partial charge >= 0.3 is 5.97 Å². The molecule has 1 aromatic carbocycles. The van der Waals surface area contributed by atoms with Crippen molar-refractivity contribution in [2.75, 3.05) is 7.05 Å². The molecule has 0 bridgehead atoms. The summed E-state index contributed by atoms with van der Waals surface area (Å²) in [5.41, 5.74) is 1.32. The number of hydrogen-bond donors (Lipinski definition) is 1. The number of nitrogens with one attached hydrogen (secondary N) is 1. The Balaban J connectivity index is 0.000000370. The standard InChI is InChI=1S/C15H29NO2.C7H8/c1-11(2)8-9-13-6-5-7-14(16-4)15(17)18-12(3)10-13;1-7-5-3-2-4-6-7/h11-14,16H,5-10H2,1-4H3;2-6H,1H3/t12?,13?,14-;/m0./s1. The molecule has 3 heteroatoms. The molecule has 0 aliphatic carbocycles. The van der Waals surface area contributed by atoms with Crippen molar-refractivity contribution in [3.05, 3.63) is 35.9 Å². The van der Waals surface area contributed by atoms with E-state index in [9.17, 15) is 4.79 Å². The number of ether oxygens (including phenoxy) is 1. The molecule has 0 spiro atoms. The zero-order valence-electron chi connectivity index (χ0n) is 16.8. The molecule has 2 unspecified atom stereocenters. The van der Waals surface area contributed by atoms with Crippen molar-refractivity contribution in [1.82, 2.24) is 5.32 Å². The molecule has 1 saturated heterocycles. The van der Waals surface area contributed by atoms with Crippen LogP contribution in [0.25, 0.3) is 0 Å². The average molecular weight is 348 g/mol. The van der Waals surface area contributed by atoms with Crippen LogP contribution in [0.15, 0.2) is 30.3 Å². The molecule has 25 heavy (non-hydrogen) atoms. The van der Waals surface area contributed by atoms with E-state index < -0.39 is 0 Å². The Kier molecular flexibility index (Phi) is 10.5. The van der Waals surface area contributed by atoms with Crippen molar-refractivity contribution < 1.29 is 9.53 Å². The Morgan fingerprint density at radius 3 is 2.40 bits per heavy atom. The summed E-state index contributed by atoms with van der Waals surface area (Å²) in [4.78, 5) is 11.8. The Hall–Kier alpha value is -1.35. The molecule has 1 fully saturated rings. The monoisotopic (exact) mass is 347 g/mol. The third kappa shape index (κ3) is 9.64. The number of benzene rings is 1. The lowest BCUT2D eigenvalue weighted by Crippen LogP contribution is -2.36. The van der Waals surface area contributed by atoms with Crippen LogP contribution >= 0.6 is 0 Å². The summed E-state index contributed by atoms with van der Waals surface area (Å²) >= 11 is 0. The molecule has 1 aliphatic heterocycles. The first-order chi connectivity index (χ1) is 11.9. The van der Waals surface area contributed by atoms with E-state index in [1.807, 2.05) is 32.2 Å². The Morgan fingerprint density at radius 2 is 1.88 bits per heavy atom. The van der Waals surface area contributed by atoms with Gasteiger partial charge in [-0.25, -0.2) is 0 Å². The smallest absolute Gasteiger partial charge is 0.323 e. The maximum absolute atomic E-state index is 11.8. The number of likely N-dealkylation sites (N-methyl/N-ethyl adjacent to an activating group) is 1. The molecule has 0 aromatic heterocycles. The maximum atomic E-state index is 11.8. The molecule has 0 radical (unpaired) electrons. The van der Waals surface area contributed by atoms with Gasteiger partial charge in [0.1, 0.15) is 6.04 Å². The lowest BCUT2D eigenvalue weighted by Gasteiger charge is -2.20. The number of hydrogen-bond acceptors (Lipinski definition) is 3. The Morgan fingerprint density at radius 1 is 1.20 bits per heavy atom. The first-order valence-corrected chi connectivity index (χ1v) is 9.81. The van der Waals surface area contributed by atoms with E-state index >= 15 is 0 Å². The minimum Gasteiger partial charge on any atom is -0.462 e. The molecule has 0 saturated carbocycles. The third-order valence-electron chi connectivity index (χ3n) is 4.81. The highest BCUT2D eigenvalue weighted by Crippen LogP contribution is 2.26. The van der Waals surface area contributed by atoms with Gasteiger partial charge < -0.3 is 10.1 Å². The summed E-state index contributed by atoms with van der Waals surface area (Å²) in [6.45, 7) is 8.66. The van der Waals surface area contributed by atoms with Gasteiger partial charge in [-0.3, -0.25) is 4.79 Å². The molecular weight excluding hydrogens is 310 g/mol. The highest BCUT2D eigenvalue weighted by Gasteiger charge is 2.25. The predicted octanol–water partition coefficient (Wildman–Crippen LogP) is 5.13. The molecule has 142 valence electrons. The Bertz CT molecular complexity index is 472. The lowest BCUT2D eigenvalue weighted by molar-refractivity contribution is -0.151. The molecular formula is C22H37NO2. The van der Waals surface area contributed by atoms with Gasteiger partial charge in [0.15, 0.2) is 0 Å². The van der Waals surface area contributed by atoms with Crippen LogP contribution in [-0.4, -0.2) is 25.2 Å². The van der Waals surface area contributed by atoms with Gasteiger partial charge in [0.25, 0.3) is 0 Å². The van der Waals surface area contributed by atoms with E-state index in [-0.39, 0.29) is 18.1 Å². The minimum atomic E-state index is -0.115. The van der Waals surface area contributed by atoms with Crippen molar-refractivity contribution in [3.8, 4) is 0 Å². The van der Waals surface area contributed by atoms with Crippen LogP contribution in [0.4, 0.5) is 0 Å². The van der Waals surface area contributed by atoms with Gasteiger partial charge in [0.05, 0.1) is 6.10 Å². The summed E-state index contributed by atoms with van der Waals surface area (Å²) in [6, 6.07) is 10.1. The van der Waals surface area contributed by atoms with Gasteiger partial charge in [-0.05, 0) is 45.6 Å². The van der Waals surface area contributed by atoms with Crippen molar-refractivity contribution in [1.29, 1.82) is 0 Å². The maximum Gasteiger partial charge on any atom is 0.323 e. The van der Waals surface area contributed by atoms with Gasteiger partial charge in [0, 0.05) is 0 Å². The molecule has 3 nitrogen and oxygen atoms in total. The lowest BCUT2D eigenvalue weighted by atomic mass is 9.89. The SMILES string of the molecule is CN[C@H]1CCCC(CCC(C)C)CC(C)OC1=O.Cc1ccccc1. The number of aryl methyl sites for hydroxylation is 1. The zero-order chi connectivity index (χ0) is 18.7. The van der Waals surface area contributed by atoms with E-state index in [4.69, 9.17) is 4.74 Å². The van der Waals surface area contributed by atoms with E-state index in [1.165, 1.54) is 24.8 Å². The van der Waals surface area contributed by atoms with Crippen molar-refractivity contribution in [2.24, 2.45) is 11.8 Å². The number of esters is 1. The van der Waals surface area contributed by atoms with Crippen molar-refractivity contribution >= 4 is 5.97 Å². The quantitative estimate of drug-likeness (QED) is 0.768. The van der Waals surface area contributed by atoms with Gasteiger partial charge in [0.2, 0.25) is 0 Å². The molecule has 1 heterocycles. The minimum absolute atomic E-state index is 0.0589. The van der Waals surface area contributed by atoms with Crippen LogP contribution < -0.4 is 5.32 Å². The highest BCUT2D eigenvalue weighted by molar-refractivity contribution is 5.75. The summed E-state index contributed by atoms with van der Waals surface area (Å²) in [6.07, 6.45) is 6.88. The molecule has 1 aliphatic rings. The van der Waals surface area contributed by atoms with Crippen LogP contribution in [0.1, 0.15) is 64.9 Å². The first kappa shape index (κ1) is 21.7. The normalized spacial score (nSPS) is 24.4. The molecule has 0 amide bonds. The number of cyclic esters (lactones) is 1. The topological polar surface area (TPSA) is 38.3 Å². The number of rotatable bonds is 4. The fraction of sp³-hybridized carbons (Fsp3) is 0.682. The van der Waals surface area contributed by atoms with Gasteiger partial charge in [-0.15, -0.1) is 0 Å². The van der Waals surface area contributed by atoms with E-state index in [0.29, 0.717) is 5.92 Å². The second-order valence-corrected chi connectivity index (χ2v) is 7.75. The third-order valence-corrected chi connectivity index (χ3v) is 4.81. The summed E-state index contributed by atoms with van der Waals surface area (Å²) in [7, 11) is 1.84. The summed E-state index contributed by atoms with van der Waals surface area (Å²) in [5.74, 6) is 1.40. The fourth-order valence-corrected chi connectivity index (χ4v) is 3.27. The van der Waals surface area contributed by atoms with E-state index in [2.05, 4.69) is 38.2 Å². The highest BCUT2D eigenvalue weighted by atomic mass is 16.5. The van der Waals surface area contributed by atoms with Crippen LogP contribution in [0.2, 0.25) is 0 Å². The number of carbonyl (C=O) groups is 1. The fourth-order valence-electron chi connectivity index (χ4n) is 3.27. The molecule has 2 rings (SSSR count). The largest absolute Gasteiger partial charge is 0.462 e. The number of carbonyl (C=O) groups excluding carboxylic acids is 1. The molecule has 3 atom stereocenters.